The standard InChI is InChI=1S/C23H31FN4O4/c1-25(2)23(30)27(10-9-26-11-14-31-15-12-26)18-22(29)28(17-21-4-3-13-32-21)16-19-5-7-20(24)8-6-19/h3-8,13H,9-12,14-18H2,1-2H3. The quantitative estimate of drug-likeness (QED) is 0.591. The number of amides is 3. The van der Waals surface area contributed by atoms with Gasteiger partial charge in [0.1, 0.15) is 18.1 Å². The zero-order valence-corrected chi connectivity index (χ0v) is 18.7. The van der Waals surface area contributed by atoms with E-state index < -0.39 is 0 Å². The lowest BCUT2D eigenvalue weighted by Gasteiger charge is -2.32. The highest BCUT2D eigenvalue weighted by Crippen LogP contribution is 2.13. The first kappa shape index (κ1) is 23.7. The minimum atomic E-state index is -0.330. The molecule has 1 aromatic carbocycles. The molecule has 8 nitrogen and oxygen atoms in total. The van der Waals surface area contributed by atoms with Gasteiger partial charge in [0.05, 0.1) is 26.0 Å². The zero-order chi connectivity index (χ0) is 22.9. The van der Waals surface area contributed by atoms with E-state index in [1.807, 2.05) is 0 Å². The fourth-order valence-corrected chi connectivity index (χ4v) is 3.51. The molecule has 3 amide bonds. The minimum absolute atomic E-state index is 0.0523. The summed E-state index contributed by atoms with van der Waals surface area (Å²) in [5.41, 5.74) is 0.796. The molecular weight excluding hydrogens is 415 g/mol. The van der Waals surface area contributed by atoms with Crippen LogP contribution in [0.4, 0.5) is 9.18 Å². The third-order valence-electron chi connectivity index (χ3n) is 5.34. The molecule has 32 heavy (non-hydrogen) atoms. The van der Waals surface area contributed by atoms with Gasteiger partial charge in [0, 0.05) is 46.8 Å². The average molecular weight is 447 g/mol. The Morgan fingerprint density at radius 1 is 1.03 bits per heavy atom. The van der Waals surface area contributed by atoms with Crippen molar-refractivity contribution in [1.82, 2.24) is 19.6 Å². The van der Waals surface area contributed by atoms with E-state index in [1.165, 1.54) is 17.0 Å². The van der Waals surface area contributed by atoms with E-state index in [-0.39, 0.29) is 37.4 Å². The van der Waals surface area contributed by atoms with Crippen molar-refractivity contribution in [2.75, 3.05) is 60.0 Å². The van der Waals surface area contributed by atoms with Crippen molar-refractivity contribution in [2.45, 2.75) is 13.1 Å². The molecule has 0 bridgehead atoms. The molecule has 1 saturated heterocycles. The van der Waals surface area contributed by atoms with Crippen LogP contribution in [0.2, 0.25) is 0 Å². The second-order valence-electron chi connectivity index (χ2n) is 8.01. The molecule has 1 aliphatic rings. The first-order chi connectivity index (χ1) is 15.4. The fourth-order valence-electron chi connectivity index (χ4n) is 3.51. The van der Waals surface area contributed by atoms with Crippen molar-refractivity contribution in [3.63, 3.8) is 0 Å². The van der Waals surface area contributed by atoms with Crippen LogP contribution < -0.4 is 0 Å². The summed E-state index contributed by atoms with van der Waals surface area (Å²) in [6.07, 6.45) is 1.56. The number of ether oxygens (including phenoxy) is 1. The van der Waals surface area contributed by atoms with Crippen LogP contribution >= 0.6 is 0 Å². The molecule has 174 valence electrons. The third-order valence-corrected chi connectivity index (χ3v) is 5.34. The maximum atomic E-state index is 13.3. The average Bonchev–Trinajstić information content (AvgIpc) is 3.31. The highest BCUT2D eigenvalue weighted by Gasteiger charge is 2.24. The third kappa shape index (κ3) is 7.06. The van der Waals surface area contributed by atoms with E-state index in [2.05, 4.69) is 4.90 Å². The molecule has 0 saturated carbocycles. The zero-order valence-electron chi connectivity index (χ0n) is 18.7. The van der Waals surface area contributed by atoms with Gasteiger partial charge in [-0.1, -0.05) is 12.1 Å². The molecule has 3 rings (SSSR count). The molecule has 2 heterocycles. The van der Waals surface area contributed by atoms with Crippen LogP contribution in [0.1, 0.15) is 11.3 Å². The normalized spacial score (nSPS) is 14.2. The number of carbonyl (C=O) groups excluding carboxylic acids is 2. The van der Waals surface area contributed by atoms with E-state index in [1.54, 1.807) is 54.4 Å². The monoisotopic (exact) mass is 446 g/mol. The van der Waals surface area contributed by atoms with Crippen LogP contribution in [-0.4, -0.2) is 91.6 Å². The van der Waals surface area contributed by atoms with E-state index in [0.29, 0.717) is 32.1 Å². The van der Waals surface area contributed by atoms with Gasteiger partial charge in [-0.2, -0.15) is 0 Å². The van der Waals surface area contributed by atoms with Crippen molar-refractivity contribution >= 4 is 11.9 Å². The lowest BCUT2D eigenvalue weighted by molar-refractivity contribution is -0.133. The molecule has 0 radical (unpaired) electrons. The van der Waals surface area contributed by atoms with Crippen LogP contribution in [0.5, 0.6) is 0 Å². The molecule has 1 aliphatic heterocycles. The van der Waals surface area contributed by atoms with Crippen molar-refractivity contribution in [3.8, 4) is 0 Å². The Kier molecular flexibility index (Phi) is 8.64. The van der Waals surface area contributed by atoms with E-state index in [0.717, 1.165) is 18.7 Å². The second kappa shape index (κ2) is 11.6. The predicted molar refractivity (Wildman–Crippen MR) is 117 cm³/mol. The number of hydrogen-bond donors (Lipinski definition) is 0. The summed E-state index contributed by atoms with van der Waals surface area (Å²) in [7, 11) is 3.35. The maximum absolute atomic E-state index is 13.3. The predicted octanol–water partition coefficient (Wildman–Crippen LogP) is 2.26. The van der Waals surface area contributed by atoms with Gasteiger partial charge < -0.3 is 23.9 Å². The number of morpholine rings is 1. The molecular formula is C23H31FN4O4. The smallest absolute Gasteiger partial charge is 0.319 e. The Labute approximate surface area is 188 Å². The number of urea groups is 1. The van der Waals surface area contributed by atoms with E-state index in [4.69, 9.17) is 9.15 Å². The van der Waals surface area contributed by atoms with Gasteiger partial charge in [0.2, 0.25) is 5.91 Å². The SMILES string of the molecule is CN(C)C(=O)N(CCN1CCOCC1)CC(=O)N(Cc1ccc(F)cc1)Cc1ccco1. The molecule has 2 aromatic rings. The first-order valence-electron chi connectivity index (χ1n) is 10.7. The number of benzene rings is 1. The van der Waals surface area contributed by atoms with Gasteiger partial charge >= 0.3 is 6.03 Å². The van der Waals surface area contributed by atoms with Crippen molar-refractivity contribution in [1.29, 1.82) is 0 Å². The molecule has 1 aromatic heterocycles. The second-order valence-corrected chi connectivity index (χ2v) is 8.01. The minimum Gasteiger partial charge on any atom is -0.467 e. The number of carbonyl (C=O) groups is 2. The molecule has 1 fully saturated rings. The van der Waals surface area contributed by atoms with Gasteiger partial charge in [-0.25, -0.2) is 9.18 Å². The summed E-state index contributed by atoms with van der Waals surface area (Å²) in [6.45, 7) is 4.58. The summed E-state index contributed by atoms with van der Waals surface area (Å²) < 4.78 is 24.1. The Balaban J connectivity index is 1.70. The van der Waals surface area contributed by atoms with Gasteiger partial charge in [-0.3, -0.25) is 9.69 Å². The van der Waals surface area contributed by atoms with E-state index >= 15 is 0 Å². The number of halogens is 1. The van der Waals surface area contributed by atoms with Crippen molar-refractivity contribution in [2.24, 2.45) is 0 Å². The lowest BCUT2D eigenvalue weighted by Crippen LogP contribution is -2.49. The number of nitrogens with zero attached hydrogens (tertiary/aromatic N) is 4. The summed E-state index contributed by atoms with van der Waals surface area (Å²) in [6, 6.07) is 9.39. The topological polar surface area (TPSA) is 69.5 Å². The largest absolute Gasteiger partial charge is 0.467 e. The molecule has 0 aliphatic carbocycles. The molecule has 0 unspecified atom stereocenters. The summed E-state index contributed by atoms with van der Waals surface area (Å²) in [5, 5.41) is 0. The number of hydrogen-bond acceptors (Lipinski definition) is 5. The van der Waals surface area contributed by atoms with Crippen molar-refractivity contribution in [3.05, 3.63) is 59.8 Å². The van der Waals surface area contributed by atoms with Crippen LogP contribution in [0.25, 0.3) is 0 Å². The summed E-state index contributed by atoms with van der Waals surface area (Å²) in [5.74, 6) is 0.102. The Bertz CT molecular complexity index is 851. The van der Waals surface area contributed by atoms with Gasteiger partial charge in [0.25, 0.3) is 0 Å². The maximum Gasteiger partial charge on any atom is 0.319 e. The van der Waals surface area contributed by atoms with Crippen LogP contribution in [0.15, 0.2) is 47.1 Å². The van der Waals surface area contributed by atoms with Gasteiger partial charge in [-0.15, -0.1) is 0 Å². The highest BCUT2D eigenvalue weighted by atomic mass is 19.1. The summed E-state index contributed by atoms with van der Waals surface area (Å²) in [4.78, 5) is 32.9. The Morgan fingerprint density at radius 2 is 1.75 bits per heavy atom. The van der Waals surface area contributed by atoms with Crippen molar-refractivity contribution < 1.29 is 23.1 Å². The number of rotatable bonds is 9. The Hall–Kier alpha value is -2.91. The van der Waals surface area contributed by atoms with Gasteiger partial charge in [-0.05, 0) is 29.8 Å². The molecule has 9 heteroatoms. The highest BCUT2D eigenvalue weighted by molar-refractivity contribution is 5.84. The van der Waals surface area contributed by atoms with Crippen LogP contribution in [0, 0.1) is 5.82 Å². The molecule has 0 N–H and O–H groups in total. The molecule has 0 spiro atoms. The number of furan rings is 1. The van der Waals surface area contributed by atoms with Crippen LogP contribution in [0.3, 0.4) is 0 Å². The van der Waals surface area contributed by atoms with Gasteiger partial charge in [0.15, 0.2) is 0 Å². The van der Waals surface area contributed by atoms with Crippen LogP contribution in [-0.2, 0) is 22.6 Å². The first-order valence-corrected chi connectivity index (χ1v) is 10.7. The molecule has 0 atom stereocenters. The summed E-state index contributed by atoms with van der Waals surface area (Å²) >= 11 is 0. The lowest BCUT2D eigenvalue weighted by atomic mass is 10.2. The van der Waals surface area contributed by atoms with E-state index in [9.17, 15) is 14.0 Å². The fraction of sp³-hybridized carbons (Fsp3) is 0.478. The Morgan fingerprint density at radius 3 is 2.38 bits per heavy atom.